The summed E-state index contributed by atoms with van der Waals surface area (Å²) in [5.41, 5.74) is -1.39. The van der Waals surface area contributed by atoms with E-state index in [0.29, 0.717) is 6.07 Å². The molecule has 2 rings (SSSR count). The molecule has 9 heteroatoms. The summed E-state index contributed by atoms with van der Waals surface area (Å²) >= 11 is 0. The van der Waals surface area contributed by atoms with Gasteiger partial charge in [0, 0.05) is 12.6 Å². The number of nitrogens with zero attached hydrogens (tertiary/aromatic N) is 2. The fraction of sp³-hybridized carbons (Fsp3) is 0.471. The number of piperazine rings is 1. The fourth-order valence-electron chi connectivity index (χ4n) is 3.01. The average molecular weight is 370 g/mol. The Morgan fingerprint density at radius 2 is 1.85 bits per heavy atom. The van der Waals surface area contributed by atoms with Crippen LogP contribution in [-0.4, -0.2) is 58.1 Å². The van der Waals surface area contributed by atoms with E-state index >= 15 is 0 Å². The molecule has 7 nitrogen and oxygen atoms in total. The molecule has 1 aromatic rings. The molecular formula is C17H20F2N2O5. The summed E-state index contributed by atoms with van der Waals surface area (Å²) in [7, 11) is 0. The molecule has 1 aliphatic rings. The molecule has 0 aromatic heterocycles. The first-order valence-corrected chi connectivity index (χ1v) is 8.01. The van der Waals surface area contributed by atoms with Gasteiger partial charge in [0.05, 0.1) is 12.6 Å². The van der Waals surface area contributed by atoms with Gasteiger partial charge in [-0.3, -0.25) is 14.5 Å². The van der Waals surface area contributed by atoms with Crippen molar-refractivity contribution >= 4 is 18.0 Å². The van der Waals surface area contributed by atoms with E-state index in [1.807, 2.05) is 0 Å². The van der Waals surface area contributed by atoms with Crippen LogP contribution in [0.15, 0.2) is 18.2 Å². The summed E-state index contributed by atoms with van der Waals surface area (Å²) < 4.78 is 32.1. The highest BCUT2D eigenvalue weighted by Gasteiger charge is 2.49. The van der Waals surface area contributed by atoms with Crippen LogP contribution in [0.3, 0.4) is 0 Å². The first kappa shape index (κ1) is 19.6. The molecule has 0 unspecified atom stereocenters. The Labute approximate surface area is 149 Å². The predicted octanol–water partition coefficient (Wildman–Crippen LogP) is 2.17. The minimum absolute atomic E-state index is 0.0573. The van der Waals surface area contributed by atoms with Crippen molar-refractivity contribution in [3.8, 4) is 0 Å². The maximum atomic E-state index is 13.6. The number of ether oxygens (including phenoxy) is 1. The van der Waals surface area contributed by atoms with Gasteiger partial charge in [0.2, 0.25) is 5.91 Å². The fourth-order valence-corrected chi connectivity index (χ4v) is 3.01. The van der Waals surface area contributed by atoms with Gasteiger partial charge in [0.25, 0.3) is 0 Å². The Hall–Kier alpha value is -2.71. The Bertz CT molecular complexity index is 718. The zero-order valence-corrected chi connectivity index (χ0v) is 14.7. The molecule has 1 fully saturated rings. The normalized spacial score (nSPS) is 19.4. The summed E-state index contributed by atoms with van der Waals surface area (Å²) in [6, 6.07) is 1.67. The lowest BCUT2D eigenvalue weighted by Crippen LogP contribution is -2.65. The highest BCUT2D eigenvalue weighted by Crippen LogP contribution is 2.34. The first-order valence-electron chi connectivity index (χ1n) is 8.01. The summed E-state index contributed by atoms with van der Waals surface area (Å²) in [4.78, 5) is 38.3. The number of hydrogen-bond donors (Lipinski definition) is 1. The lowest BCUT2D eigenvalue weighted by atomic mass is 9.91. The van der Waals surface area contributed by atoms with Crippen LogP contribution in [0.2, 0.25) is 0 Å². The van der Waals surface area contributed by atoms with Gasteiger partial charge in [0.1, 0.15) is 23.7 Å². The van der Waals surface area contributed by atoms with Crippen molar-refractivity contribution in [3.05, 3.63) is 35.4 Å². The largest absolute Gasteiger partial charge is 0.465 e. The standard InChI is InChI=1S/C17H20F2N2O5/c1-4-26-14(22)9-20-13(10-5-11(18)7-12(19)6-10)8-21(16(24)25)17(2,3)15(20)23/h5-7,13H,4,8-9H2,1-3H3,(H,24,25)/t13-/m1/s1. The van der Waals surface area contributed by atoms with Crippen molar-refractivity contribution in [2.24, 2.45) is 0 Å². The molecule has 1 saturated heterocycles. The van der Waals surface area contributed by atoms with E-state index in [-0.39, 0.29) is 18.7 Å². The smallest absolute Gasteiger partial charge is 0.408 e. The van der Waals surface area contributed by atoms with Crippen molar-refractivity contribution in [1.29, 1.82) is 0 Å². The molecule has 1 N–H and O–H groups in total. The topological polar surface area (TPSA) is 87.2 Å². The van der Waals surface area contributed by atoms with Crippen LogP contribution in [0.25, 0.3) is 0 Å². The lowest BCUT2D eigenvalue weighted by Gasteiger charge is -2.48. The van der Waals surface area contributed by atoms with Crippen LogP contribution >= 0.6 is 0 Å². The van der Waals surface area contributed by atoms with E-state index in [9.17, 15) is 28.3 Å². The Kier molecular flexibility index (Phi) is 5.48. The zero-order chi connectivity index (χ0) is 19.6. The van der Waals surface area contributed by atoms with Gasteiger partial charge in [-0.05, 0) is 38.5 Å². The SMILES string of the molecule is CCOC(=O)CN1C(=O)C(C)(C)N(C(=O)O)C[C@@H]1c1cc(F)cc(F)c1. The first-order chi connectivity index (χ1) is 12.1. The van der Waals surface area contributed by atoms with Crippen molar-refractivity contribution in [1.82, 2.24) is 9.80 Å². The zero-order valence-electron chi connectivity index (χ0n) is 14.7. The van der Waals surface area contributed by atoms with Gasteiger partial charge in [-0.1, -0.05) is 0 Å². The quantitative estimate of drug-likeness (QED) is 0.821. The van der Waals surface area contributed by atoms with E-state index in [1.54, 1.807) is 6.92 Å². The number of hydrogen-bond acceptors (Lipinski definition) is 4. The maximum absolute atomic E-state index is 13.6. The van der Waals surface area contributed by atoms with Crippen LogP contribution in [0, 0.1) is 11.6 Å². The molecular weight excluding hydrogens is 350 g/mol. The van der Waals surface area contributed by atoms with E-state index < -0.39 is 47.7 Å². The molecule has 0 aliphatic carbocycles. The van der Waals surface area contributed by atoms with Crippen LogP contribution in [0.4, 0.5) is 13.6 Å². The van der Waals surface area contributed by atoms with Crippen LogP contribution < -0.4 is 0 Å². The summed E-state index contributed by atoms with van der Waals surface area (Å²) in [5, 5.41) is 9.43. The van der Waals surface area contributed by atoms with Crippen LogP contribution in [0.5, 0.6) is 0 Å². The second-order valence-electron chi connectivity index (χ2n) is 6.41. The third kappa shape index (κ3) is 3.76. The molecule has 1 heterocycles. The van der Waals surface area contributed by atoms with Crippen LogP contribution in [0.1, 0.15) is 32.4 Å². The number of esters is 1. The monoisotopic (exact) mass is 370 g/mol. The number of halogens is 2. The third-order valence-electron chi connectivity index (χ3n) is 4.30. The molecule has 0 radical (unpaired) electrons. The molecule has 0 spiro atoms. The minimum Gasteiger partial charge on any atom is -0.465 e. The number of carbonyl (C=O) groups is 3. The molecule has 1 aromatic carbocycles. The summed E-state index contributed by atoms with van der Waals surface area (Å²) in [6.45, 7) is 3.83. The third-order valence-corrected chi connectivity index (χ3v) is 4.30. The Morgan fingerprint density at radius 1 is 1.27 bits per heavy atom. The number of carboxylic acid groups (broad SMARTS) is 1. The van der Waals surface area contributed by atoms with Gasteiger partial charge in [0.15, 0.2) is 0 Å². The summed E-state index contributed by atoms with van der Waals surface area (Å²) in [5.74, 6) is -3.08. The van der Waals surface area contributed by atoms with Crippen molar-refractivity contribution in [3.63, 3.8) is 0 Å². The van der Waals surface area contributed by atoms with E-state index in [2.05, 4.69) is 0 Å². The molecule has 142 valence electrons. The molecule has 1 aliphatic heterocycles. The van der Waals surface area contributed by atoms with Gasteiger partial charge < -0.3 is 14.7 Å². The molecule has 1 atom stereocenters. The lowest BCUT2D eigenvalue weighted by molar-refractivity contribution is -0.160. The van der Waals surface area contributed by atoms with Crippen molar-refractivity contribution in [2.45, 2.75) is 32.4 Å². The van der Waals surface area contributed by atoms with Gasteiger partial charge in [-0.2, -0.15) is 0 Å². The highest BCUT2D eigenvalue weighted by atomic mass is 19.1. The molecule has 2 amide bonds. The molecule has 0 saturated carbocycles. The van der Waals surface area contributed by atoms with E-state index in [1.165, 1.54) is 13.8 Å². The Balaban J connectivity index is 2.49. The van der Waals surface area contributed by atoms with Crippen molar-refractivity contribution in [2.75, 3.05) is 19.7 Å². The van der Waals surface area contributed by atoms with Crippen molar-refractivity contribution < 1.29 is 33.0 Å². The molecule has 0 bridgehead atoms. The second-order valence-corrected chi connectivity index (χ2v) is 6.41. The number of carbonyl (C=O) groups excluding carboxylic acids is 2. The van der Waals surface area contributed by atoms with E-state index in [4.69, 9.17) is 4.74 Å². The van der Waals surface area contributed by atoms with Gasteiger partial charge >= 0.3 is 12.1 Å². The summed E-state index contributed by atoms with van der Waals surface area (Å²) in [6.07, 6.45) is -1.35. The predicted molar refractivity (Wildman–Crippen MR) is 86.3 cm³/mol. The maximum Gasteiger partial charge on any atom is 0.408 e. The van der Waals surface area contributed by atoms with Crippen LogP contribution in [-0.2, 0) is 14.3 Å². The number of benzene rings is 1. The van der Waals surface area contributed by atoms with Gasteiger partial charge in [-0.15, -0.1) is 0 Å². The number of rotatable bonds is 4. The number of amides is 2. The Morgan fingerprint density at radius 3 is 2.35 bits per heavy atom. The van der Waals surface area contributed by atoms with E-state index in [0.717, 1.165) is 21.9 Å². The minimum atomic E-state index is -1.44. The molecule has 26 heavy (non-hydrogen) atoms. The average Bonchev–Trinajstić information content (AvgIpc) is 2.51. The highest BCUT2D eigenvalue weighted by molar-refractivity contribution is 5.92. The second kappa shape index (κ2) is 7.27. The van der Waals surface area contributed by atoms with Gasteiger partial charge in [-0.25, -0.2) is 13.6 Å².